The summed E-state index contributed by atoms with van der Waals surface area (Å²) in [5.74, 6) is -0.635. The highest BCUT2D eigenvalue weighted by Crippen LogP contribution is 2.33. The Kier molecular flexibility index (Phi) is 6.82. The van der Waals surface area contributed by atoms with Gasteiger partial charge in [-0.05, 0) is 44.9 Å². The fourth-order valence-corrected chi connectivity index (χ4v) is 5.58. The summed E-state index contributed by atoms with van der Waals surface area (Å²) in [7, 11) is 1.57. The average molecular weight is 527 g/mol. The normalized spacial score (nSPS) is 21.9. The van der Waals surface area contributed by atoms with Gasteiger partial charge in [-0.3, -0.25) is 24.3 Å². The van der Waals surface area contributed by atoms with Crippen LogP contribution in [0.25, 0.3) is 21.8 Å². The number of pyridine rings is 1. The number of hydrogen-bond acceptors (Lipinski definition) is 6. The molecule has 0 unspecified atom stereocenters. The van der Waals surface area contributed by atoms with E-state index >= 15 is 0 Å². The van der Waals surface area contributed by atoms with Crippen LogP contribution >= 0.6 is 11.6 Å². The molecule has 196 valence electrons. The predicted molar refractivity (Wildman–Crippen MR) is 141 cm³/mol. The van der Waals surface area contributed by atoms with Crippen LogP contribution in [0.2, 0.25) is 5.02 Å². The Morgan fingerprint density at radius 3 is 2.81 bits per heavy atom. The van der Waals surface area contributed by atoms with Gasteiger partial charge < -0.3 is 25.3 Å². The van der Waals surface area contributed by atoms with Crippen molar-refractivity contribution in [2.45, 2.75) is 44.4 Å². The number of likely N-dealkylation sites (tertiary alicyclic amines) is 1. The molecule has 2 aliphatic heterocycles. The number of carbonyl (C=O) groups excluding carboxylic acids is 3. The molecule has 3 N–H and O–H groups in total. The zero-order valence-electron chi connectivity index (χ0n) is 21.1. The Labute approximate surface area is 219 Å². The highest BCUT2D eigenvalue weighted by atomic mass is 35.5. The predicted octanol–water partition coefficient (Wildman–Crippen LogP) is 2.52. The molecule has 3 amide bonds. The minimum atomic E-state index is -0.696. The quantitative estimate of drug-likeness (QED) is 0.470. The lowest BCUT2D eigenvalue weighted by Crippen LogP contribution is -2.60. The lowest BCUT2D eigenvalue weighted by molar-refractivity contribution is -0.152. The van der Waals surface area contributed by atoms with Gasteiger partial charge in [0.1, 0.15) is 12.1 Å². The Hall–Kier alpha value is -3.21. The molecule has 2 fully saturated rings. The summed E-state index contributed by atoms with van der Waals surface area (Å²) >= 11 is 6.41. The first kappa shape index (κ1) is 25.4. The van der Waals surface area contributed by atoms with E-state index < -0.39 is 17.7 Å². The van der Waals surface area contributed by atoms with Gasteiger partial charge in [-0.25, -0.2) is 0 Å². The van der Waals surface area contributed by atoms with E-state index in [1.54, 1.807) is 30.4 Å². The standard InChI is InChI=1S/C26H31ClN6O4/c1-26(2)14-32(12-22(34)33-8-4-5-20(33)24(35)28-3)21(13-37-26)25(36)31-18-10-15(27)9-17-16-6-7-29-11-19(16)30-23(17)18/h6-7,9-11,20-21,30H,4-5,8,12-14H2,1-3H3,(H,28,35)(H,31,36)/t20-,21+/m1/s1. The number of aromatic amines is 1. The number of anilines is 1. The van der Waals surface area contributed by atoms with Crippen molar-refractivity contribution in [3.63, 3.8) is 0 Å². The number of ether oxygens (including phenoxy) is 1. The summed E-state index contributed by atoms with van der Waals surface area (Å²) in [5, 5.41) is 7.97. The van der Waals surface area contributed by atoms with E-state index in [-0.39, 0.29) is 30.9 Å². The Morgan fingerprint density at radius 2 is 2.03 bits per heavy atom. The molecule has 0 aliphatic carbocycles. The fraction of sp³-hybridized carbons (Fsp3) is 0.462. The second-order valence-electron chi connectivity index (χ2n) is 10.3. The number of morpholine rings is 1. The first-order valence-corrected chi connectivity index (χ1v) is 12.8. The minimum Gasteiger partial charge on any atom is -0.372 e. The number of H-pyrrole nitrogens is 1. The van der Waals surface area contributed by atoms with Crippen molar-refractivity contribution in [1.29, 1.82) is 0 Å². The maximum atomic E-state index is 13.6. The summed E-state index contributed by atoms with van der Waals surface area (Å²) in [5.41, 5.74) is 1.59. The molecule has 3 aromatic rings. The molecule has 2 saturated heterocycles. The smallest absolute Gasteiger partial charge is 0.244 e. The van der Waals surface area contributed by atoms with Crippen LogP contribution in [0.1, 0.15) is 26.7 Å². The highest BCUT2D eigenvalue weighted by molar-refractivity contribution is 6.33. The summed E-state index contributed by atoms with van der Waals surface area (Å²) in [4.78, 5) is 50.1. The fourth-order valence-electron chi connectivity index (χ4n) is 5.36. The van der Waals surface area contributed by atoms with Crippen molar-refractivity contribution in [3.8, 4) is 0 Å². The topological polar surface area (TPSA) is 120 Å². The Bertz CT molecular complexity index is 1370. The van der Waals surface area contributed by atoms with Crippen molar-refractivity contribution in [1.82, 2.24) is 25.1 Å². The minimum absolute atomic E-state index is 0.0153. The number of benzene rings is 1. The van der Waals surface area contributed by atoms with E-state index in [4.69, 9.17) is 16.3 Å². The van der Waals surface area contributed by atoms with Crippen molar-refractivity contribution >= 4 is 56.8 Å². The third kappa shape index (κ3) is 5.01. The second-order valence-corrected chi connectivity index (χ2v) is 10.7. The van der Waals surface area contributed by atoms with Gasteiger partial charge in [0.25, 0.3) is 0 Å². The van der Waals surface area contributed by atoms with Crippen LogP contribution in [0, 0.1) is 0 Å². The van der Waals surface area contributed by atoms with Crippen LogP contribution in [-0.4, -0.2) is 88.5 Å². The Morgan fingerprint density at radius 1 is 1.22 bits per heavy atom. The molecule has 0 bridgehead atoms. The maximum Gasteiger partial charge on any atom is 0.244 e. The highest BCUT2D eigenvalue weighted by Gasteiger charge is 2.41. The largest absolute Gasteiger partial charge is 0.372 e. The number of nitrogens with one attached hydrogen (secondary N) is 3. The van der Waals surface area contributed by atoms with E-state index in [9.17, 15) is 14.4 Å². The monoisotopic (exact) mass is 526 g/mol. The number of rotatable bonds is 5. The van der Waals surface area contributed by atoms with Gasteiger partial charge in [0, 0.05) is 42.1 Å². The SMILES string of the molecule is CNC(=O)[C@H]1CCCN1C(=O)CN1CC(C)(C)OC[C@H]1C(=O)Nc1cc(Cl)cc2c1[nH]c1cnccc12. The zero-order chi connectivity index (χ0) is 26.3. The lowest BCUT2D eigenvalue weighted by Gasteiger charge is -2.43. The number of fused-ring (bicyclic) bond motifs is 3. The van der Waals surface area contributed by atoms with Crippen molar-refractivity contribution in [2.75, 3.05) is 38.6 Å². The third-order valence-corrected chi connectivity index (χ3v) is 7.37. The molecule has 1 aromatic carbocycles. The van der Waals surface area contributed by atoms with Crippen LogP contribution in [0.4, 0.5) is 5.69 Å². The van der Waals surface area contributed by atoms with Crippen molar-refractivity contribution in [2.24, 2.45) is 0 Å². The zero-order valence-corrected chi connectivity index (χ0v) is 21.9. The van der Waals surface area contributed by atoms with E-state index in [1.807, 2.05) is 30.9 Å². The molecule has 0 radical (unpaired) electrons. The number of amides is 3. The van der Waals surface area contributed by atoms with Crippen LogP contribution in [0.5, 0.6) is 0 Å². The van der Waals surface area contributed by atoms with E-state index in [0.717, 1.165) is 28.2 Å². The number of aromatic nitrogens is 2. The molecular formula is C26H31ClN6O4. The number of nitrogens with zero attached hydrogens (tertiary/aromatic N) is 3. The molecule has 37 heavy (non-hydrogen) atoms. The van der Waals surface area contributed by atoms with Crippen LogP contribution in [-0.2, 0) is 19.1 Å². The van der Waals surface area contributed by atoms with E-state index in [1.165, 1.54) is 0 Å². The van der Waals surface area contributed by atoms with Gasteiger partial charge >= 0.3 is 0 Å². The lowest BCUT2D eigenvalue weighted by atomic mass is 10.0. The number of carbonyl (C=O) groups is 3. The number of halogens is 1. The number of likely N-dealkylation sites (N-methyl/N-ethyl adjacent to an activating group) is 1. The molecular weight excluding hydrogens is 496 g/mol. The second kappa shape index (κ2) is 9.92. The van der Waals surface area contributed by atoms with E-state index in [0.29, 0.717) is 30.2 Å². The first-order chi connectivity index (χ1) is 17.7. The summed E-state index contributed by atoms with van der Waals surface area (Å²) in [6, 6.07) is 4.27. The summed E-state index contributed by atoms with van der Waals surface area (Å²) < 4.78 is 5.98. The van der Waals surface area contributed by atoms with Crippen molar-refractivity contribution < 1.29 is 19.1 Å². The molecule has 2 atom stereocenters. The molecule has 0 saturated carbocycles. The summed E-state index contributed by atoms with van der Waals surface area (Å²) in [6.45, 7) is 4.92. The molecule has 4 heterocycles. The average Bonchev–Trinajstić information content (AvgIpc) is 3.48. The van der Waals surface area contributed by atoms with Crippen LogP contribution < -0.4 is 10.6 Å². The van der Waals surface area contributed by atoms with Gasteiger partial charge in [-0.15, -0.1) is 0 Å². The van der Waals surface area contributed by atoms with Crippen LogP contribution in [0.15, 0.2) is 30.6 Å². The Balaban J connectivity index is 1.39. The van der Waals surface area contributed by atoms with Gasteiger partial charge in [0.2, 0.25) is 17.7 Å². The molecule has 2 aromatic heterocycles. The van der Waals surface area contributed by atoms with Crippen LogP contribution in [0.3, 0.4) is 0 Å². The maximum absolute atomic E-state index is 13.6. The number of hydrogen-bond donors (Lipinski definition) is 3. The van der Waals surface area contributed by atoms with Gasteiger partial charge in [-0.1, -0.05) is 11.6 Å². The molecule has 5 rings (SSSR count). The third-order valence-electron chi connectivity index (χ3n) is 7.15. The van der Waals surface area contributed by atoms with Gasteiger partial charge in [-0.2, -0.15) is 0 Å². The molecule has 10 nitrogen and oxygen atoms in total. The first-order valence-electron chi connectivity index (χ1n) is 12.4. The van der Waals surface area contributed by atoms with Gasteiger partial charge in [0.05, 0.1) is 41.7 Å². The molecule has 0 spiro atoms. The van der Waals surface area contributed by atoms with E-state index in [2.05, 4.69) is 20.6 Å². The van der Waals surface area contributed by atoms with Gasteiger partial charge in [0.15, 0.2) is 0 Å². The summed E-state index contributed by atoms with van der Waals surface area (Å²) in [6.07, 6.45) is 4.84. The molecule has 2 aliphatic rings. The van der Waals surface area contributed by atoms with Crippen molar-refractivity contribution in [3.05, 3.63) is 35.6 Å². The molecule has 11 heteroatoms.